The lowest BCUT2D eigenvalue weighted by Gasteiger charge is -2.36. The Morgan fingerprint density at radius 2 is 1.86 bits per heavy atom. The second kappa shape index (κ2) is 10.2. The van der Waals surface area contributed by atoms with Gasteiger partial charge >= 0.3 is 0 Å². The summed E-state index contributed by atoms with van der Waals surface area (Å²) in [6.45, 7) is 11.6. The lowest BCUT2D eigenvalue weighted by molar-refractivity contribution is -0.121. The summed E-state index contributed by atoms with van der Waals surface area (Å²) in [4.78, 5) is 32.6. The number of aromatic nitrogens is 2. The van der Waals surface area contributed by atoms with Crippen LogP contribution in [0.1, 0.15) is 51.0 Å². The van der Waals surface area contributed by atoms with Crippen molar-refractivity contribution in [1.29, 1.82) is 0 Å². The van der Waals surface area contributed by atoms with Crippen LogP contribution < -0.4 is 15.5 Å². The summed E-state index contributed by atoms with van der Waals surface area (Å²) in [7, 11) is 4.54. The molecule has 5 rings (SSSR count). The summed E-state index contributed by atoms with van der Waals surface area (Å²) >= 11 is 1.72. The largest absolute Gasteiger partial charge is 0.369 e. The van der Waals surface area contributed by atoms with Crippen molar-refractivity contribution in [2.45, 2.75) is 51.5 Å². The van der Waals surface area contributed by atoms with Crippen LogP contribution in [0.5, 0.6) is 0 Å². The summed E-state index contributed by atoms with van der Waals surface area (Å²) < 4.78 is 0. The number of hydrogen-bond donors (Lipinski definition) is 1. The predicted molar refractivity (Wildman–Crippen MR) is 144 cm³/mol. The number of anilines is 2. The van der Waals surface area contributed by atoms with Crippen molar-refractivity contribution in [2.75, 3.05) is 69.7 Å². The van der Waals surface area contributed by atoms with Gasteiger partial charge in [-0.1, -0.05) is 13.8 Å². The molecule has 1 amide bonds. The number of primary amides is 1. The smallest absolute Gasteiger partial charge is 0.228 e. The topological polar surface area (TPSA) is 81.8 Å². The fraction of sp³-hybridized carbons (Fsp3) is 0.731. The minimum atomic E-state index is -0.219. The Labute approximate surface area is 213 Å². The first-order chi connectivity index (χ1) is 16.8. The molecule has 2 aromatic heterocycles. The molecule has 9 heteroatoms. The standard InChI is InChI=1S/C26H41N7OS/c1-17(2)21-16-35-25-22(21)24(28-26(29-25)33-12-7-19(14-33)23(27)34)32-10-5-18(6-11-32)13-31(4)20-8-9-30(3)15-20/h16-20H,5-15H2,1-4H3,(H2,27,34). The van der Waals surface area contributed by atoms with Crippen LogP contribution in [-0.4, -0.2) is 91.6 Å². The number of rotatable bonds is 7. The van der Waals surface area contributed by atoms with Gasteiger partial charge in [0.05, 0.1) is 11.3 Å². The third-order valence-corrected chi connectivity index (χ3v) is 9.27. The third kappa shape index (κ3) is 5.13. The minimum absolute atomic E-state index is 0.111. The number of amides is 1. The molecule has 3 aliphatic rings. The number of hydrogen-bond acceptors (Lipinski definition) is 8. The van der Waals surface area contributed by atoms with Gasteiger partial charge in [0.1, 0.15) is 10.6 Å². The molecule has 3 saturated heterocycles. The Hall–Kier alpha value is -1.97. The number of carbonyl (C=O) groups excluding carboxylic acids is 1. The van der Waals surface area contributed by atoms with Gasteiger partial charge in [0.25, 0.3) is 0 Å². The summed E-state index contributed by atoms with van der Waals surface area (Å²) in [5, 5.41) is 3.48. The number of piperidine rings is 1. The van der Waals surface area contributed by atoms with Crippen LogP contribution in [0.3, 0.4) is 0 Å². The zero-order valence-electron chi connectivity index (χ0n) is 21.7. The molecule has 2 unspecified atom stereocenters. The average Bonchev–Trinajstić information content (AvgIpc) is 3.58. The van der Waals surface area contributed by atoms with E-state index in [9.17, 15) is 4.79 Å². The van der Waals surface area contributed by atoms with Crippen molar-refractivity contribution in [1.82, 2.24) is 19.8 Å². The molecular formula is C26H41N7OS. The highest BCUT2D eigenvalue weighted by Crippen LogP contribution is 2.39. The molecule has 2 aromatic rings. The summed E-state index contributed by atoms with van der Waals surface area (Å²) in [6, 6.07) is 0.700. The van der Waals surface area contributed by atoms with Crippen LogP contribution in [0.2, 0.25) is 0 Å². The monoisotopic (exact) mass is 499 g/mol. The Kier molecular flexibility index (Phi) is 7.19. The highest BCUT2D eigenvalue weighted by molar-refractivity contribution is 7.17. The molecule has 0 bridgehead atoms. The van der Waals surface area contributed by atoms with Crippen molar-refractivity contribution in [2.24, 2.45) is 17.6 Å². The molecule has 35 heavy (non-hydrogen) atoms. The van der Waals surface area contributed by atoms with Gasteiger partial charge in [-0.05, 0) is 69.1 Å². The molecule has 5 heterocycles. The van der Waals surface area contributed by atoms with Crippen LogP contribution in [-0.2, 0) is 4.79 Å². The number of likely N-dealkylation sites (N-methyl/N-ethyl adjacent to an activating group) is 2. The van der Waals surface area contributed by atoms with Gasteiger partial charge in [0.2, 0.25) is 11.9 Å². The predicted octanol–water partition coefficient (Wildman–Crippen LogP) is 2.98. The van der Waals surface area contributed by atoms with Crippen molar-refractivity contribution in [3.63, 3.8) is 0 Å². The van der Waals surface area contributed by atoms with E-state index in [1.54, 1.807) is 11.3 Å². The number of fused-ring (bicyclic) bond motifs is 1. The number of carbonyl (C=O) groups is 1. The number of nitrogens with zero attached hydrogens (tertiary/aromatic N) is 6. The zero-order valence-corrected chi connectivity index (χ0v) is 22.6. The molecule has 0 aromatic carbocycles. The molecule has 8 nitrogen and oxygen atoms in total. The van der Waals surface area contributed by atoms with Crippen molar-refractivity contribution < 1.29 is 4.79 Å². The first kappa shape index (κ1) is 24.7. The van der Waals surface area contributed by atoms with Crippen LogP contribution in [0, 0.1) is 11.8 Å². The highest BCUT2D eigenvalue weighted by atomic mass is 32.1. The second-order valence-electron chi connectivity index (χ2n) is 11.3. The highest BCUT2D eigenvalue weighted by Gasteiger charge is 2.32. The Morgan fingerprint density at radius 3 is 2.49 bits per heavy atom. The molecule has 0 radical (unpaired) electrons. The van der Waals surface area contributed by atoms with Crippen LogP contribution in [0.4, 0.5) is 11.8 Å². The lowest BCUT2D eigenvalue weighted by Crippen LogP contribution is -2.42. The van der Waals surface area contributed by atoms with Gasteiger partial charge in [-0.2, -0.15) is 4.98 Å². The quantitative estimate of drug-likeness (QED) is 0.627. The maximum atomic E-state index is 11.7. The van der Waals surface area contributed by atoms with Gasteiger partial charge in [-0.3, -0.25) is 4.79 Å². The molecule has 3 fully saturated rings. The van der Waals surface area contributed by atoms with Crippen LogP contribution in [0.25, 0.3) is 10.2 Å². The number of nitrogens with two attached hydrogens (primary N) is 1. The fourth-order valence-corrected chi connectivity index (χ4v) is 7.15. The molecule has 0 aliphatic carbocycles. The van der Waals surface area contributed by atoms with Gasteiger partial charge in [-0.15, -0.1) is 11.3 Å². The van der Waals surface area contributed by atoms with E-state index in [0.29, 0.717) is 18.5 Å². The van der Waals surface area contributed by atoms with Crippen molar-refractivity contribution in [3.8, 4) is 0 Å². The van der Waals surface area contributed by atoms with E-state index in [1.165, 1.54) is 49.8 Å². The van der Waals surface area contributed by atoms with Crippen molar-refractivity contribution >= 4 is 39.2 Å². The lowest BCUT2D eigenvalue weighted by atomic mass is 9.95. The molecule has 0 spiro atoms. The second-order valence-corrected chi connectivity index (χ2v) is 12.1. The van der Waals surface area contributed by atoms with Gasteiger partial charge in [0, 0.05) is 45.3 Å². The van der Waals surface area contributed by atoms with E-state index in [0.717, 1.165) is 48.6 Å². The average molecular weight is 500 g/mol. The van der Waals surface area contributed by atoms with E-state index in [2.05, 4.69) is 52.9 Å². The van der Waals surface area contributed by atoms with E-state index < -0.39 is 0 Å². The molecule has 192 valence electrons. The van der Waals surface area contributed by atoms with Gasteiger partial charge < -0.3 is 25.3 Å². The summed E-state index contributed by atoms with van der Waals surface area (Å²) in [5.41, 5.74) is 6.93. The molecule has 0 saturated carbocycles. The zero-order chi connectivity index (χ0) is 24.7. The Balaban J connectivity index is 1.34. The normalized spacial score (nSPS) is 24.5. The number of thiophene rings is 1. The first-order valence-electron chi connectivity index (χ1n) is 13.3. The number of likely N-dealkylation sites (tertiary alicyclic amines) is 1. The third-order valence-electron chi connectivity index (χ3n) is 8.38. The van der Waals surface area contributed by atoms with E-state index >= 15 is 0 Å². The van der Waals surface area contributed by atoms with Crippen LogP contribution in [0.15, 0.2) is 5.38 Å². The van der Waals surface area contributed by atoms with Gasteiger partial charge in [0.15, 0.2) is 0 Å². The van der Waals surface area contributed by atoms with E-state index in [1.807, 2.05) is 0 Å². The van der Waals surface area contributed by atoms with Crippen molar-refractivity contribution in [3.05, 3.63) is 10.9 Å². The minimum Gasteiger partial charge on any atom is -0.369 e. The van der Waals surface area contributed by atoms with E-state index in [4.69, 9.17) is 15.7 Å². The molecule has 2 atom stereocenters. The Morgan fingerprint density at radius 1 is 1.11 bits per heavy atom. The van der Waals surface area contributed by atoms with Crippen LogP contribution >= 0.6 is 11.3 Å². The van der Waals surface area contributed by atoms with Gasteiger partial charge in [-0.25, -0.2) is 4.98 Å². The molecule has 2 N–H and O–H groups in total. The molecular weight excluding hydrogens is 458 g/mol. The fourth-order valence-electron chi connectivity index (χ4n) is 6.06. The SMILES string of the molecule is CC(C)c1csc2nc(N3CCC(C(N)=O)C3)nc(N3CCC(CN(C)C4CCN(C)C4)CC3)c12. The Bertz CT molecular complexity index is 1050. The molecule has 3 aliphatic heterocycles. The summed E-state index contributed by atoms with van der Waals surface area (Å²) in [6.07, 6.45) is 4.46. The van der Waals surface area contributed by atoms with E-state index in [-0.39, 0.29) is 11.8 Å². The maximum absolute atomic E-state index is 11.7. The first-order valence-corrected chi connectivity index (χ1v) is 14.1. The maximum Gasteiger partial charge on any atom is 0.228 e. The summed E-state index contributed by atoms with van der Waals surface area (Å²) in [5.74, 6) is 2.67.